The Morgan fingerprint density at radius 1 is 1.00 bits per heavy atom. The lowest BCUT2D eigenvalue weighted by Gasteiger charge is -2.31. The van der Waals surface area contributed by atoms with Crippen molar-refractivity contribution in [3.63, 3.8) is 0 Å². The Balaban J connectivity index is 1.47. The number of aryl methyl sites for hydroxylation is 1. The third-order valence-corrected chi connectivity index (χ3v) is 8.65. The SMILES string of the molecule is Cc1cc(C=C2SC(=NC3CCCCC3)N(C3CCCCC3)C2=O)c(C)n1-c1ccc(C#N)cc1. The first kappa shape index (κ1) is 23.9. The Morgan fingerprint density at radius 3 is 2.31 bits per heavy atom. The van der Waals surface area contributed by atoms with Crippen LogP contribution in [0.4, 0.5) is 0 Å². The van der Waals surface area contributed by atoms with Gasteiger partial charge in [-0.3, -0.25) is 14.7 Å². The van der Waals surface area contributed by atoms with Crippen molar-refractivity contribution in [2.75, 3.05) is 0 Å². The summed E-state index contributed by atoms with van der Waals surface area (Å²) in [6.45, 7) is 4.18. The highest BCUT2D eigenvalue weighted by atomic mass is 32.2. The zero-order chi connectivity index (χ0) is 24.4. The Bertz CT molecular complexity index is 1190. The maximum atomic E-state index is 13.7. The van der Waals surface area contributed by atoms with Gasteiger partial charge >= 0.3 is 0 Å². The molecule has 0 unspecified atom stereocenters. The molecule has 182 valence electrons. The van der Waals surface area contributed by atoms with Crippen molar-refractivity contribution in [3.05, 3.63) is 57.8 Å². The number of aliphatic imine (C=N–C) groups is 1. The third kappa shape index (κ3) is 4.97. The van der Waals surface area contributed by atoms with Crippen molar-refractivity contribution in [2.24, 2.45) is 4.99 Å². The summed E-state index contributed by atoms with van der Waals surface area (Å²) in [6.07, 6.45) is 14.0. The quantitative estimate of drug-likeness (QED) is 0.441. The highest BCUT2D eigenvalue weighted by Crippen LogP contribution is 2.39. The summed E-state index contributed by atoms with van der Waals surface area (Å²) in [4.78, 5) is 21.7. The zero-order valence-corrected chi connectivity index (χ0v) is 21.6. The lowest BCUT2D eigenvalue weighted by molar-refractivity contribution is -0.124. The van der Waals surface area contributed by atoms with Gasteiger partial charge in [0.05, 0.1) is 22.6 Å². The van der Waals surface area contributed by atoms with E-state index in [0.29, 0.717) is 11.6 Å². The highest BCUT2D eigenvalue weighted by molar-refractivity contribution is 8.18. The summed E-state index contributed by atoms with van der Waals surface area (Å²) in [5.74, 6) is 0.125. The summed E-state index contributed by atoms with van der Waals surface area (Å²) in [5, 5.41) is 10.1. The summed E-state index contributed by atoms with van der Waals surface area (Å²) < 4.78 is 2.19. The van der Waals surface area contributed by atoms with Gasteiger partial charge < -0.3 is 4.57 Å². The molecule has 2 aliphatic carbocycles. The van der Waals surface area contributed by atoms with Gasteiger partial charge in [-0.25, -0.2) is 0 Å². The van der Waals surface area contributed by atoms with E-state index in [-0.39, 0.29) is 11.9 Å². The number of thioether (sulfide) groups is 1. The molecule has 0 radical (unpaired) electrons. The molecule has 1 aromatic heterocycles. The molecule has 0 spiro atoms. The van der Waals surface area contributed by atoms with E-state index in [4.69, 9.17) is 10.3 Å². The first-order valence-electron chi connectivity index (χ1n) is 13.1. The van der Waals surface area contributed by atoms with Gasteiger partial charge in [-0.2, -0.15) is 5.26 Å². The molecule has 5 rings (SSSR count). The van der Waals surface area contributed by atoms with Crippen LogP contribution in [0.1, 0.15) is 86.7 Å². The van der Waals surface area contributed by atoms with E-state index < -0.39 is 0 Å². The topological polar surface area (TPSA) is 61.4 Å². The monoisotopic (exact) mass is 486 g/mol. The molecule has 1 amide bonds. The zero-order valence-electron chi connectivity index (χ0n) is 20.8. The lowest BCUT2D eigenvalue weighted by Crippen LogP contribution is -2.41. The van der Waals surface area contributed by atoms with Crippen LogP contribution < -0.4 is 0 Å². The first-order valence-corrected chi connectivity index (χ1v) is 13.9. The molecular weight excluding hydrogens is 452 g/mol. The summed E-state index contributed by atoms with van der Waals surface area (Å²) in [5.41, 5.74) is 4.94. The molecule has 2 aromatic rings. The van der Waals surface area contributed by atoms with E-state index in [9.17, 15) is 4.79 Å². The number of nitrogens with zero attached hydrogens (tertiary/aromatic N) is 4. The number of nitriles is 1. The fourth-order valence-electron chi connectivity index (χ4n) is 5.76. The molecule has 6 heteroatoms. The Morgan fingerprint density at radius 2 is 1.66 bits per heavy atom. The molecule has 3 fully saturated rings. The van der Waals surface area contributed by atoms with E-state index in [1.165, 1.54) is 38.5 Å². The minimum absolute atomic E-state index is 0.125. The number of amides is 1. The number of aromatic nitrogens is 1. The van der Waals surface area contributed by atoms with E-state index in [2.05, 4.69) is 36.6 Å². The predicted octanol–water partition coefficient (Wildman–Crippen LogP) is 6.90. The largest absolute Gasteiger partial charge is 0.318 e. The van der Waals surface area contributed by atoms with Crippen molar-refractivity contribution in [1.29, 1.82) is 5.26 Å². The van der Waals surface area contributed by atoms with Crippen LogP contribution >= 0.6 is 11.8 Å². The standard InChI is InChI=1S/C29H34N4OS/c1-20-17-23(21(2)32(20)26-15-13-22(19-30)14-16-26)18-27-28(34)33(25-11-7-4-8-12-25)29(35-27)31-24-9-5-3-6-10-24/h13-18,24-25H,3-12H2,1-2H3. The average Bonchev–Trinajstić information content (AvgIpc) is 3.34. The van der Waals surface area contributed by atoms with Crippen molar-refractivity contribution in [2.45, 2.75) is 90.1 Å². The molecule has 3 aliphatic rings. The number of carbonyl (C=O) groups is 1. The molecule has 1 aromatic carbocycles. The minimum Gasteiger partial charge on any atom is -0.318 e. The Kier molecular flexibility index (Phi) is 7.15. The molecule has 0 N–H and O–H groups in total. The molecule has 0 atom stereocenters. The van der Waals surface area contributed by atoms with Crippen molar-refractivity contribution in [1.82, 2.24) is 9.47 Å². The van der Waals surface area contributed by atoms with E-state index in [0.717, 1.165) is 58.4 Å². The second-order valence-electron chi connectivity index (χ2n) is 10.1. The van der Waals surface area contributed by atoms with Crippen LogP contribution in [0.25, 0.3) is 11.8 Å². The van der Waals surface area contributed by atoms with Gasteiger partial charge in [0.25, 0.3) is 5.91 Å². The van der Waals surface area contributed by atoms with Crippen LogP contribution in [0, 0.1) is 25.2 Å². The molecule has 5 nitrogen and oxygen atoms in total. The van der Waals surface area contributed by atoms with Crippen LogP contribution in [0.2, 0.25) is 0 Å². The van der Waals surface area contributed by atoms with Crippen LogP contribution in [0.3, 0.4) is 0 Å². The van der Waals surface area contributed by atoms with E-state index >= 15 is 0 Å². The smallest absolute Gasteiger partial charge is 0.267 e. The number of hydrogen-bond acceptors (Lipinski definition) is 4. The molecule has 1 aliphatic heterocycles. The number of benzene rings is 1. The minimum atomic E-state index is 0.125. The average molecular weight is 487 g/mol. The number of hydrogen-bond donors (Lipinski definition) is 0. The van der Waals surface area contributed by atoms with E-state index in [1.54, 1.807) is 11.8 Å². The van der Waals surface area contributed by atoms with Gasteiger partial charge in [-0.15, -0.1) is 0 Å². The predicted molar refractivity (Wildman–Crippen MR) is 144 cm³/mol. The van der Waals surface area contributed by atoms with Crippen LogP contribution in [-0.4, -0.2) is 32.6 Å². The third-order valence-electron chi connectivity index (χ3n) is 7.66. The second-order valence-corrected chi connectivity index (χ2v) is 11.1. The number of carbonyl (C=O) groups excluding carboxylic acids is 1. The maximum Gasteiger partial charge on any atom is 0.267 e. The number of rotatable bonds is 4. The highest BCUT2D eigenvalue weighted by Gasteiger charge is 2.39. The molecule has 2 saturated carbocycles. The summed E-state index contributed by atoms with van der Waals surface area (Å²) in [6, 6.07) is 12.6. The van der Waals surface area contributed by atoms with Gasteiger partial charge in [-0.05, 0) is 93.3 Å². The van der Waals surface area contributed by atoms with Gasteiger partial charge in [-0.1, -0.05) is 38.5 Å². The molecule has 1 saturated heterocycles. The fraction of sp³-hybridized carbons (Fsp3) is 0.483. The van der Waals surface area contributed by atoms with Crippen LogP contribution in [0.15, 0.2) is 40.2 Å². The summed E-state index contributed by atoms with van der Waals surface area (Å²) in [7, 11) is 0. The molecule has 35 heavy (non-hydrogen) atoms. The molecular formula is C29H34N4OS. The summed E-state index contributed by atoms with van der Waals surface area (Å²) >= 11 is 1.58. The Labute approximate surface area is 212 Å². The maximum absolute atomic E-state index is 13.7. The van der Waals surface area contributed by atoms with Crippen LogP contribution in [-0.2, 0) is 4.79 Å². The van der Waals surface area contributed by atoms with Crippen molar-refractivity contribution < 1.29 is 4.79 Å². The Hall–Kier alpha value is -2.78. The van der Waals surface area contributed by atoms with Crippen molar-refractivity contribution >= 4 is 28.9 Å². The molecule has 0 bridgehead atoms. The number of amidine groups is 1. The van der Waals surface area contributed by atoms with E-state index in [1.807, 2.05) is 29.2 Å². The van der Waals surface area contributed by atoms with Crippen molar-refractivity contribution in [3.8, 4) is 11.8 Å². The second kappa shape index (κ2) is 10.5. The normalized spacial score (nSPS) is 22.3. The van der Waals surface area contributed by atoms with Gasteiger partial charge in [0.2, 0.25) is 0 Å². The lowest BCUT2D eigenvalue weighted by atomic mass is 9.94. The van der Waals surface area contributed by atoms with Gasteiger partial charge in [0, 0.05) is 23.1 Å². The van der Waals surface area contributed by atoms with Gasteiger partial charge in [0.1, 0.15) is 0 Å². The van der Waals surface area contributed by atoms with Gasteiger partial charge in [0.15, 0.2) is 5.17 Å². The first-order chi connectivity index (χ1) is 17.0. The fourth-order valence-corrected chi connectivity index (χ4v) is 6.86. The molecule has 2 heterocycles. The van der Waals surface area contributed by atoms with Crippen LogP contribution in [0.5, 0.6) is 0 Å².